The Hall–Kier alpha value is -1.70. The minimum absolute atomic E-state index is 0.183. The van der Waals surface area contributed by atoms with Crippen LogP contribution in [0, 0.1) is 17.8 Å². The fraction of sp³-hybridized carbons (Fsp3) is 0.476. The van der Waals surface area contributed by atoms with Gasteiger partial charge in [0.2, 0.25) is 10.0 Å². The van der Waals surface area contributed by atoms with E-state index in [4.69, 9.17) is 0 Å². The van der Waals surface area contributed by atoms with Gasteiger partial charge < -0.3 is 5.32 Å². The molecule has 1 aromatic heterocycles. The molecule has 0 radical (unpaired) electrons. The minimum Gasteiger partial charge on any atom is -0.321 e. The summed E-state index contributed by atoms with van der Waals surface area (Å²) >= 11 is 1.37. The molecule has 4 bridgehead atoms. The second-order valence-corrected chi connectivity index (χ2v) is 11.4. The van der Waals surface area contributed by atoms with Crippen molar-refractivity contribution in [1.82, 2.24) is 4.72 Å². The van der Waals surface area contributed by atoms with Crippen LogP contribution in [0.1, 0.15) is 48.2 Å². The van der Waals surface area contributed by atoms with Crippen molar-refractivity contribution >= 4 is 33.0 Å². The zero-order chi connectivity index (χ0) is 19.4. The molecule has 2 N–H and O–H groups in total. The van der Waals surface area contributed by atoms with Gasteiger partial charge in [0, 0.05) is 11.2 Å². The molecule has 4 aliphatic rings. The molecule has 0 unspecified atom stereocenters. The molecule has 0 atom stereocenters. The molecular formula is C21H24N2O3S2. The van der Waals surface area contributed by atoms with Gasteiger partial charge in [-0.15, -0.1) is 11.3 Å². The second-order valence-electron chi connectivity index (χ2n) is 8.76. The molecular weight excluding hydrogens is 392 g/mol. The second kappa shape index (κ2) is 6.68. The summed E-state index contributed by atoms with van der Waals surface area (Å²) < 4.78 is 29.2. The van der Waals surface area contributed by atoms with Crippen molar-refractivity contribution in [3.05, 3.63) is 46.7 Å². The Bertz CT molecular complexity index is 946. The summed E-state index contributed by atoms with van der Waals surface area (Å²) in [5.41, 5.74) is 0.340. The van der Waals surface area contributed by atoms with Gasteiger partial charge in [-0.25, -0.2) is 13.1 Å². The number of hydrogen-bond acceptors (Lipinski definition) is 4. The van der Waals surface area contributed by atoms with Crippen molar-refractivity contribution < 1.29 is 13.2 Å². The highest BCUT2D eigenvalue weighted by atomic mass is 32.2. The van der Waals surface area contributed by atoms with Crippen LogP contribution in [0.15, 0.2) is 46.7 Å². The van der Waals surface area contributed by atoms with Crippen LogP contribution in [0.5, 0.6) is 0 Å². The molecule has 5 nitrogen and oxygen atoms in total. The van der Waals surface area contributed by atoms with Gasteiger partial charge in [0.05, 0.1) is 9.77 Å². The van der Waals surface area contributed by atoms with Gasteiger partial charge in [0.1, 0.15) is 0 Å². The maximum Gasteiger partial charge on any atom is 0.265 e. The predicted octanol–water partition coefficient (Wildman–Crippen LogP) is 4.25. The third-order valence-electron chi connectivity index (χ3n) is 6.56. The highest BCUT2D eigenvalue weighted by Gasteiger charge is 2.52. The quantitative estimate of drug-likeness (QED) is 0.765. The monoisotopic (exact) mass is 416 g/mol. The van der Waals surface area contributed by atoms with Gasteiger partial charge in [-0.3, -0.25) is 4.79 Å². The summed E-state index contributed by atoms with van der Waals surface area (Å²) in [7, 11) is -3.57. The first-order valence-electron chi connectivity index (χ1n) is 9.90. The molecule has 0 saturated heterocycles. The van der Waals surface area contributed by atoms with E-state index in [9.17, 15) is 13.2 Å². The number of benzene rings is 1. The fourth-order valence-electron chi connectivity index (χ4n) is 5.90. The van der Waals surface area contributed by atoms with E-state index in [1.165, 1.54) is 30.6 Å². The van der Waals surface area contributed by atoms with Crippen molar-refractivity contribution in [2.45, 2.75) is 49.0 Å². The highest BCUT2D eigenvalue weighted by molar-refractivity contribution is 7.89. The van der Waals surface area contributed by atoms with Crippen LogP contribution in [-0.2, 0) is 10.0 Å². The lowest BCUT2D eigenvalue weighted by molar-refractivity contribution is -0.00810. The van der Waals surface area contributed by atoms with Crippen LogP contribution >= 0.6 is 11.3 Å². The van der Waals surface area contributed by atoms with Crippen LogP contribution in [0.2, 0.25) is 0 Å². The Morgan fingerprint density at radius 2 is 1.57 bits per heavy atom. The lowest BCUT2D eigenvalue weighted by Crippen LogP contribution is -2.59. The molecule has 2 aromatic rings. The normalized spacial score (nSPS) is 31.1. The number of carbonyl (C=O) groups is 1. The number of rotatable bonds is 5. The average Bonchev–Trinajstić information content (AvgIpc) is 3.15. The number of anilines is 1. The van der Waals surface area contributed by atoms with Crippen LogP contribution in [0.3, 0.4) is 0 Å². The van der Waals surface area contributed by atoms with Gasteiger partial charge in [0.25, 0.3) is 5.91 Å². The molecule has 6 rings (SSSR count). The largest absolute Gasteiger partial charge is 0.321 e. The lowest BCUT2D eigenvalue weighted by atomic mass is 9.53. The molecule has 0 spiro atoms. The number of amides is 1. The Morgan fingerprint density at radius 1 is 0.964 bits per heavy atom. The van der Waals surface area contributed by atoms with Gasteiger partial charge in [0.15, 0.2) is 0 Å². The highest BCUT2D eigenvalue weighted by Crippen LogP contribution is 2.55. The summed E-state index contributed by atoms with van der Waals surface area (Å²) in [5.74, 6) is 1.87. The van der Waals surface area contributed by atoms with E-state index in [2.05, 4.69) is 10.0 Å². The minimum atomic E-state index is -3.57. The molecule has 4 aliphatic carbocycles. The summed E-state index contributed by atoms with van der Waals surface area (Å²) in [5, 5.41) is 4.65. The summed E-state index contributed by atoms with van der Waals surface area (Å²) in [6.07, 6.45) is 6.77. The van der Waals surface area contributed by atoms with Crippen molar-refractivity contribution in [2.24, 2.45) is 17.8 Å². The standard InChI is InChI=1S/C21H24N2O3S2/c24-20(19-2-1-7-27-19)22-17-3-5-18(6-4-17)28(25,26)23-21-11-14-8-15(12-21)10-16(9-14)13-21/h1-7,14-16,23H,8-13H2,(H,22,24). The van der Waals surface area contributed by atoms with Crippen LogP contribution in [0.4, 0.5) is 5.69 Å². The van der Waals surface area contributed by atoms with Gasteiger partial charge in [-0.05, 0) is 92.0 Å². The number of hydrogen-bond donors (Lipinski definition) is 2. The molecule has 1 aromatic carbocycles. The number of carbonyl (C=O) groups excluding carboxylic acids is 1. The molecule has 7 heteroatoms. The predicted molar refractivity (Wildman–Crippen MR) is 110 cm³/mol. The summed E-state index contributed by atoms with van der Waals surface area (Å²) in [6, 6.07) is 10.0. The topological polar surface area (TPSA) is 75.3 Å². The Kier molecular flexibility index (Phi) is 4.37. The third-order valence-corrected chi connectivity index (χ3v) is 9.02. The van der Waals surface area contributed by atoms with E-state index in [1.807, 2.05) is 11.4 Å². The smallest absolute Gasteiger partial charge is 0.265 e. The average molecular weight is 417 g/mol. The molecule has 4 saturated carbocycles. The molecule has 0 aliphatic heterocycles. The van der Waals surface area contributed by atoms with E-state index < -0.39 is 10.0 Å². The van der Waals surface area contributed by atoms with E-state index in [0.717, 1.165) is 19.3 Å². The van der Waals surface area contributed by atoms with Crippen molar-refractivity contribution in [3.63, 3.8) is 0 Å². The lowest BCUT2D eigenvalue weighted by Gasteiger charge is -2.56. The summed E-state index contributed by atoms with van der Waals surface area (Å²) in [6.45, 7) is 0. The fourth-order valence-corrected chi connectivity index (χ4v) is 7.95. The van der Waals surface area contributed by atoms with E-state index >= 15 is 0 Å². The maximum absolute atomic E-state index is 13.0. The Labute approximate surface area is 169 Å². The van der Waals surface area contributed by atoms with Crippen LogP contribution in [0.25, 0.3) is 0 Å². The maximum atomic E-state index is 13.0. The first kappa shape index (κ1) is 18.3. The molecule has 1 amide bonds. The molecule has 148 valence electrons. The van der Waals surface area contributed by atoms with Gasteiger partial charge in [-0.1, -0.05) is 6.07 Å². The Balaban J connectivity index is 1.31. The SMILES string of the molecule is O=C(Nc1ccc(S(=O)(=O)NC23CC4CC(CC(C4)C2)C3)cc1)c1cccs1. The molecule has 28 heavy (non-hydrogen) atoms. The van der Waals surface area contributed by atoms with Crippen molar-refractivity contribution in [1.29, 1.82) is 0 Å². The zero-order valence-electron chi connectivity index (χ0n) is 15.6. The number of thiophene rings is 1. The van der Waals surface area contributed by atoms with Crippen molar-refractivity contribution in [2.75, 3.05) is 5.32 Å². The zero-order valence-corrected chi connectivity index (χ0v) is 17.2. The third kappa shape index (κ3) is 3.40. The summed E-state index contributed by atoms with van der Waals surface area (Å²) in [4.78, 5) is 13.0. The van der Waals surface area contributed by atoms with Crippen LogP contribution in [-0.4, -0.2) is 19.9 Å². The van der Waals surface area contributed by atoms with E-state index in [-0.39, 0.29) is 16.3 Å². The Morgan fingerprint density at radius 3 is 2.11 bits per heavy atom. The van der Waals surface area contributed by atoms with Gasteiger partial charge in [-0.2, -0.15) is 0 Å². The van der Waals surface area contributed by atoms with E-state index in [0.29, 0.717) is 28.3 Å². The molecule has 1 heterocycles. The van der Waals surface area contributed by atoms with Crippen LogP contribution < -0.4 is 10.0 Å². The number of sulfonamides is 1. The first-order valence-corrected chi connectivity index (χ1v) is 12.3. The van der Waals surface area contributed by atoms with E-state index in [1.54, 1.807) is 30.3 Å². The number of nitrogens with one attached hydrogen (secondary N) is 2. The molecule has 4 fully saturated rings. The first-order chi connectivity index (χ1) is 13.4. The van der Waals surface area contributed by atoms with Gasteiger partial charge >= 0.3 is 0 Å². The van der Waals surface area contributed by atoms with Crippen molar-refractivity contribution in [3.8, 4) is 0 Å².